The Morgan fingerprint density at radius 2 is 2.12 bits per heavy atom. The van der Waals surface area contributed by atoms with Crippen LogP contribution in [0.1, 0.15) is 21.8 Å². The van der Waals surface area contributed by atoms with Crippen molar-refractivity contribution in [3.8, 4) is 35.0 Å². The molecule has 116 valence electrons. The molecule has 0 unspecified atom stereocenters. The molecule has 5 nitrogen and oxygen atoms in total. The normalized spacial score (nSPS) is 9.71. The van der Waals surface area contributed by atoms with Crippen molar-refractivity contribution in [2.45, 2.75) is 6.92 Å². The van der Waals surface area contributed by atoms with Gasteiger partial charge in [0.2, 0.25) is 0 Å². The predicted molar refractivity (Wildman–Crippen MR) is 90.3 cm³/mol. The van der Waals surface area contributed by atoms with Crippen molar-refractivity contribution in [1.29, 1.82) is 5.26 Å². The molecule has 0 bridgehead atoms. The smallest absolute Gasteiger partial charge is 0.331 e. The van der Waals surface area contributed by atoms with Crippen LogP contribution < -0.4 is 9.72 Å². The van der Waals surface area contributed by atoms with E-state index >= 15 is 0 Å². The summed E-state index contributed by atoms with van der Waals surface area (Å²) in [5.41, 5.74) is 2.78. The van der Waals surface area contributed by atoms with E-state index in [9.17, 15) is 0 Å². The first-order chi connectivity index (χ1) is 11.7. The second kappa shape index (κ2) is 6.91. The van der Waals surface area contributed by atoms with E-state index < -0.39 is 0 Å². The molecule has 0 aliphatic carbocycles. The van der Waals surface area contributed by atoms with E-state index in [1.54, 1.807) is 49.0 Å². The van der Waals surface area contributed by atoms with Crippen molar-refractivity contribution >= 4 is 11.3 Å². The number of aromatic nitrogens is 3. The van der Waals surface area contributed by atoms with Gasteiger partial charge in [-0.2, -0.15) is 5.26 Å². The SMILES string of the molecule is COc1ccc(C#N)cc1-c1ncc(C#Cc2csc(C)n2)c[nH+]1. The van der Waals surface area contributed by atoms with Crippen molar-refractivity contribution in [2.24, 2.45) is 0 Å². The molecular formula is C18H13N4OS+. The number of rotatable bonds is 2. The van der Waals surface area contributed by atoms with Crippen molar-refractivity contribution in [3.05, 3.63) is 57.8 Å². The fourth-order valence-corrected chi connectivity index (χ4v) is 2.63. The van der Waals surface area contributed by atoms with Gasteiger partial charge < -0.3 is 4.74 Å². The highest BCUT2D eigenvalue weighted by molar-refractivity contribution is 7.09. The maximum absolute atomic E-state index is 9.05. The third-order valence-electron chi connectivity index (χ3n) is 3.23. The number of hydrogen-bond donors (Lipinski definition) is 0. The quantitative estimate of drug-likeness (QED) is 0.676. The molecule has 0 spiro atoms. The molecule has 3 aromatic rings. The van der Waals surface area contributed by atoms with Gasteiger partial charge in [-0.25, -0.2) is 9.97 Å². The summed E-state index contributed by atoms with van der Waals surface area (Å²) in [6, 6.07) is 7.31. The van der Waals surface area contributed by atoms with Crippen molar-refractivity contribution < 1.29 is 9.72 Å². The van der Waals surface area contributed by atoms with E-state index in [0.29, 0.717) is 17.1 Å². The van der Waals surface area contributed by atoms with Gasteiger partial charge in [0.1, 0.15) is 28.8 Å². The van der Waals surface area contributed by atoms with Gasteiger partial charge in [-0.15, -0.1) is 11.3 Å². The molecule has 6 heteroatoms. The van der Waals surface area contributed by atoms with Gasteiger partial charge in [0.25, 0.3) is 0 Å². The number of nitrogens with one attached hydrogen (secondary N) is 1. The third-order valence-corrected chi connectivity index (χ3v) is 4.01. The molecule has 0 amide bonds. The van der Waals surface area contributed by atoms with Crippen molar-refractivity contribution in [2.75, 3.05) is 7.11 Å². The second-order valence-electron chi connectivity index (χ2n) is 4.88. The number of aromatic amines is 1. The van der Waals surface area contributed by atoms with E-state index in [2.05, 4.69) is 32.9 Å². The number of methoxy groups -OCH3 is 1. The predicted octanol–water partition coefficient (Wildman–Crippen LogP) is 2.61. The number of aryl methyl sites for hydroxylation is 1. The number of H-pyrrole nitrogens is 1. The molecule has 0 saturated heterocycles. The second-order valence-corrected chi connectivity index (χ2v) is 5.94. The first-order valence-corrected chi connectivity index (χ1v) is 7.98. The van der Waals surface area contributed by atoms with Gasteiger partial charge in [0.05, 0.1) is 23.8 Å². The maximum Gasteiger partial charge on any atom is 0.331 e. The maximum atomic E-state index is 9.05. The Bertz CT molecular complexity index is 975. The summed E-state index contributed by atoms with van der Waals surface area (Å²) in [6.45, 7) is 1.95. The molecule has 2 aromatic heterocycles. The van der Waals surface area contributed by atoms with E-state index in [0.717, 1.165) is 21.8 Å². The minimum atomic E-state index is 0.545. The molecule has 3 rings (SSSR count). The van der Waals surface area contributed by atoms with Crippen LogP contribution >= 0.6 is 11.3 Å². The summed E-state index contributed by atoms with van der Waals surface area (Å²) < 4.78 is 5.33. The highest BCUT2D eigenvalue weighted by atomic mass is 32.1. The largest absolute Gasteiger partial charge is 0.496 e. The van der Waals surface area contributed by atoms with Crippen LogP contribution in [0, 0.1) is 30.1 Å². The van der Waals surface area contributed by atoms with Gasteiger partial charge in [0.15, 0.2) is 6.20 Å². The fourth-order valence-electron chi connectivity index (χ4n) is 2.09. The number of ether oxygens (including phenoxy) is 1. The van der Waals surface area contributed by atoms with Gasteiger partial charge in [-0.3, -0.25) is 0 Å². The number of thiazole rings is 1. The first-order valence-electron chi connectivity index (χ1n) is 7.10. The topological polar surface area (TPSA) is 72.9 Å². The van der Waals surface area contributed by atoms with Crippen LogP contribution in [0.15, 0.2) is 36.0 Å². The number of nitrogens with zero attached hydrogens (tertiary/aromatic N) is 3. The Morgan fingerprint density at radius 1 is 1.25 bits per heavy atom. The lowest BCUT2D eigenvalue weighted by molar-refractivity contribution is -0.369. The van der Waals surface area contributed by atoms with E-state index in [4.69, 9.17) is 10.00 Å². The molecule has 2 heterocycles. The summed E-state index contributed by atoms with van der Waals surface area (Å²) in [5, 5.41) is 12.0. The first kappa shape index (κ1) is 15.7. The molecule has 0 saturated carbocycles. The Morgan fingerprint density at radius 3 is 2.75 bits per heavy atom. The van der Waals surface area contributed by atoms with E-state index in [1.807, 2.05) is 12.3 Å². The summed E-state index contributed by atoms with van der Waals surface area (Å²) >= 11 is 1.57. The Hall–Kier alpha value is -3.22. The number of hydrogen-bond acceptors (Lipinski definition) is 5. The number of benzene rings is 1. The van der Waals surface area contributed by atoms with Crippen LogP contribution in [0.25, 0.3) is 11.4 Å². The Labute approximate surface area is 143 Å². The fraction of sp³-hybridized carbons (Fsp3) is 0.111. The molecule has 1 aromatic carbocycles. The molecule has 0 atom stereocenters. The van der Waals surface area contributed by atoms with E-state index in [1.165, 1.54) is 0 Å². The molecule has 0 aliphatic rings. The van der Waals surface area contributed by atoms with E-state index in [-0.39, 0.29) is 0 Å². The summed E-state index contributed by atoms with van der Waals surface area (Å²) in [6.07, 6.45) is 3.45. The van der Waals surface area contributed by atoms with Gasteiger partial charge in [-0.1, -0.05) is 5.92 Å². The minimum Gasteiger partial charge on any atom is -0.496 e. The van der Waals surface area contributed by atoms with Gasteiger partial charge in [0, 0.05) is 5.38 Å². The standard InChI is InChI=1S/C18H12N4OS/c1-12-22-15(11-24-12)5-3-14-9-20-18(21-10-14)16-7-13(8-19)4-6-17(16)23-2/h4,6-7,9-11H,1-2H3/p+1. The molecule has 24 heavy (non-hydrogen) atoms. The molecular weight excluding hydrogens is 320 g/mol. The molecule has 0 fully saturated rings. The van der Waals surface area contributed by atoms with Crippen molar-refractivity contribution in [3.63, 3.8) is 0 Å². The van der Waals surface area contributed by atoms with Crippen LogP contribution in [0.3, 0.4) is 0 Å². The lowest BCUT2D eigenvalue weighted by Gasteiger charge is -2.03. The zero-order chi connectivity index (χ0) is 16.9. The molecule has 1 N–H and O–H groups in total. The Balaban J connectivity index is 1.90. The lowest BCUT2D eigenvalue weighted by atomic mass is 10.1. The van der Waals surface area contributed by atoms with Gasteiger partial charge in [-0.05, 0) is 36.0 Å². The molecule has 0 aliphatic heterocycles. The summed E-state index contributed by atoms with van der Waals surface area (Å²) in [5.74, 6) is 7.28. The average molecular weight is 333 g/mol. The number of nitriles is 1. The van der Waals surface area contributed by atoms with Crippen molar-refractivity contribution in [1.82, 2.24) is 9.97 Å². The third kappa shape index (κ3) is 3.40. The van der Waals surface area contributed by atoms with Crippen LogP contribution in [0.2, 0.25) is 0 Å². The average Bonchev–Trinajstić information content (AvgIpc) is 3.05. The highest BCUT2D eigenvalue weighted by Gasteiger charge is 2.15. The minimum absolute atomic E-state index is 0.545. The monoisotopic (exact) mass is 333 g/mol. The van der Waals surface area contributed by atoms with Crippen LogP contribution in [0.4, 0.5) is 0 Å². The Kier molecular flexibility index (Phi) is 4.51. The zero-order valence-corrected chi connectivity index (χ0v) is 13.9. The van der Waals surface area contributed by atoms with Crippen LogP contribution in [0.5, 0.6) is 5.75 Å². The van der Waals surface area contributed by atoms with Crippen LogP contribution in [-0.4, -0.2) is 17.1 Å². The lowest BCUT2D eigenvalue weighted by Crippen LogP contribution is -2.10. The highest BCUT2D eigenvalue weighted by Crippen LogP contribution is 2.26. The zero-order valence-electron chi connectivity index (χ0n) is 13.1. The van der Waals surface area contributed by atoms with Gasteiger partial charge >= 0.3 is 5.82 Å². The molecule has 0 radical (unpaired) electrons. The summed E-state index contributed by atoms with van der Waals surface area (Å²) in [4.78, 5) is 11.8. The summed E-state index contributed by atoms with van der Waals surface area (Å²) in [7, 11) is 1.58. The van der Waals surface area contributed by atoms with Crippen LogP contribution in [-0.2, 0) is 0 Å².